The second-order valence-corrected chi connectivity index (χ2v) is 9.25. The van der Waals surface area contributed by atoms with Gasteiger partial charge in [0.2, 0.25) is 5.88 Å². The number of para-hydroxylation sites is 1. The number of nitrogens with one attached hydrogen (secondary N) is 1. The topological polar surface area (TPSA) is 124 Å². The van der Waals surface area contributed by atoms with Gasteiger partial charge in [0.1, 0.15) is 4.90 Å². The number of nitrogens with zero attached hydrogens (tertiary/aromatic N) is 4. The number of carbonyl (C=O) groups excluding carboxylic acids is 1. The number of urea groups is 1. The third-order valence-electron chi connectivity index (χ3n) is 4.99. The molecule has 3 aromatic rings. The van der Waals surface area contributed by atoms with E-state index in [4.69, 9.17) is 9.88 Å². The maximum atomic E-state index is 13.1. The van der Waals surface area contributed by atoms with Crippen molar-refractivity contribution in [3.63, 3.8) is 0 Å². The van der Waals surface area contributed by atoms with Crippen molar-refractivity contribution in [2.75, 3.05) is 11.9 Å². The zero-order chi connectivity index (χ0) is 22.0. The van der Waals surface area contributed by atoms with Crippen molar-refractivity contribution < 1.29 is 13.7 Å². The Hall–Kier alpha value is -3.24. The van der Waals surface area contributed by atoms with Crippen molar-refractivity contribution in [2.45, 2.75) is 37.6 Å². The fourth-order valence-corrected chi connectivity index (χ4v) is 4.51. The standard InChI is InChI=1S/C21H24N6O3S/c1-14(2)16-5-3-6-17(15-7-9-23-10-8-15)19(16)25-21(28)26-31(22,29)18-13-24-27-11-4-12-30-20(18)27/h3,5-10,13-14H,4,11-12H2,1-2H3,(H3,22,25,26,28,29)/t31-/m1/s1. The van der Waals surface area contributed by atoms with Gasteiger partial charge in [0.05, 0.1) is 18.5 Å². The first kappa shape index (κ1) is 21.0. The molecule has 0 bridgehead atoms. The smallest absolute Gasteiger partial charge is 0.354 e. The van der Waals surface area contributed by atoms with Gasteiger partial charge in [0.15, 0.2) is 9.92 Å². The molecular formula is C21H24N6O3S. The number of hydrogen-bond donors (Lipinski definition) is 2. The predicted molar refractivity (Wildman–Crippen MR) is 118 cm³/mol. The fourth-order valence-electron chi connectivity index (χ4n) is 3.51. The van der Waals surface area contributed by atoms with Gasteiger partial charge in [-0.25, -0.2) is 18.8 Å². The van der Waals surface area contributed by atoms with Crippen molar-refractivity contribution in [2.24, 2.45) is 9.50 Å². The van der Waals surface area contributed by atoms with E-state index in [-0.39, 0.29) is 10.8 Å². The first-order chi connectivity index (χ1) is 14.9. The molecular weight excluding hydrogens is 416 g/mol. The van der Waals surface area contributed by atoms with Crippen LogP contribution in [0.2, 0.25) is 0 Å². The monoisotopic (exact) mass is 440 g/mol. The molecule has 0 spiro atoms. The molecule has 2 amide bonds. The lowest BCUT2D eigenvalue weighted by Gasteiger charge is -2.18. The summed E-state index contributed by atoms with van der Waals surface area (Å²) >= 11 is 0. The summed E-state index contributed by atoms with van der Waals surface area (Å²) in [4.78, 5) is 17.0. The minimum atomic E-state index is -3.54. The molecule has 0 fully saturated rings. The van der Waals surface area contributed by atoms with Gasteiger partial charge in [-0.2, -0.15) is 5.10 Å². The van der Waals surface area contributed by atoms with Gasteiger partial charge in [-0.3, -0.25) is 4.98 Å². The van der Waals surface area contributed by atoms with Crippen molar-refractivity contribution in [3.8, 4) is 17.0 Å². The third kappa shape index (κ3) is 4.30. The summed E-state index contributed by atoms with van der Waals surface area (Å²) in [6.07, 6.45) is 5.51. The number of hydrogen-bond acceptors (Lipinski definition) is 5. The lowest BCUT2D eigenvalue weighted by atomic mass is 9.94. The molecule has 1 aliphatic heterocycles. The van der Waals surface area contributed by atoms with Gasteiger partial charge in [0, 0.05) is 30.9 Å². The molecule has 3 heterocycles. The van der Waals surface area contributed by atoms with Crippen LogP contribution in [0.25, 0.3) is 11.1 Å². The first-order valence-corrected chi connectivity index (χ1v) is 11.5. The number of aryl methyl sites for hydroxylation is 1. The summed E-state index contributed by atoms with van der Waals surface area (Å²) < 4.78 is 24.0. The van der Waals surface area contributed by atoms with Crippen LogP contribution in [-0.4, -0.2) is 31.6 Å². The van der Waals surface area contributed by atoms with Crippen molar-refractivity contribution in [1.82, 2.24) is 14.8 Å². The van der Waals surface area contributed by atoms with E-state index in [0.29, 0.717) is 24.7 Å². The Morgan fingerprint density at radius 2 is 2.06 bits per heavy atom. The molecule has 31 heavy (non-hydrogen) atoms. The largest absolute Gasteiger partial charge is 0.477 e. The minimum absolute atomic E-state index is 0.119. The molecule has 4 rings (SSSR count). The van der Waals surface area contributed by atoms with Crippen molar-refractivity contribution >= 4 is 21.6 Å². The van der Waals surface area contributed by atoms with Crippen LogP contribution in [0.3, 0.4) is 0 Å². The molecule has 0 radical (unpaired) electrons. The summed E-state index contributed by atoms with van der Waals surface area (Å²) in [6.45, 7) is 5.16. The van der Waals surface area contributed by atoms with E-state index in [9.17, 15) is 9.00 Å². The molecule has 162 valence electrons. The zero-order valence-corrected chi connectivity index (χ0v) is 18.1. The zero-order valence-electron chi connectivity index (χ0n) is 17.3. The average molecular weight is 441 g/mol. The maximum absolute atomic E-state index is 13.1. The molecule has 1 aromatic carbocycles. The van der Waals surface area contributed by atoms with Gasteiger partial charge in [-0.1, -0.05) is 32.0 Å². The van der Waals surface area contributed by atoms with E-state index in [1.807, 2.05) is 44.2 Å². The molecule has 3 N–H and O–H groups in total. The van der Waals surface area contributed by atoms with Gasteiger partial charge in [-0.15, -0.1) is 4.36 Å². The summed E-state index contributed by atoms with van der Waals surface area (Å²) in [7, 11) is -3.54. The van der Waals surface area contributed by atoms with Gasteiger partial charge in [-0.05, 0) is 29.2 Å². The highest BCUT2D eigenvalue weighted by Crippen LogP contribution is 2.35. The first-order valence-electron chi connectivity index (χ1n) is 9.94. The quantitative estimate of drug-likeness (QED) is 0.639. The second-order valence-electron chi connectivity index (χ2n) is 7.49. The number of benzene rings is 1. The molecule has 1 aliphatic rings. The normalized spacial score (nSPS) is 15.0. The highest BCUT2D eigenvalue weighted by atomic mass is 32.2. The van der Waals surface area contributed by atoms with Crippen LogP contribution in [0.15, 0.2) is 58.2 Å². The Morgan fingerprint density at radius 3 is 2.81 bits per heavy atom. The van der Waals surface area contributed by atoms with Crippen LogP contribution in [0.5, 0.6) is 5.88 Å². The number of nitrogens with two attached hydrogens (primary N) is 1. The number of rotatable bonds is 4. The van der Waals surface area contributed by atoms with Crippen LogP contribution in [0, 0.1) is 0 Å². The molecule has 2 aromatic heterocycles. The number of carbonyl (C=O) groups is 1. The van der Waals surface area contributed by atoms with Gasteiger partial charge in [0.25, 0.3) is 0 Å². The van der Waals surface area contributed by atoms with E-state index < -0.39 is 15.9 Å². The van der Waals surface area contributed by atoms with Crippen molar-refractivity contribution in [3.05, 3.63) is 54.5 Å². The van der Waals surface area contributed by atoms with Crippen LogP contribution in [0.4, 0.5) is 10.5 Å². The van der Waals surface area contributed by atoms with E-state index in [1.165, 1.54) is 6.20 Å². The molecule has 10 heteroatoms. The van der Waals surface area contributed by atoms with Gasteiger partial charge >= 0.3 is 6.03 Å². The fraction of sp³-hybridized carbons (Fsp3) is 0.286. The Bertz CT molecular complexity index is 1230. The summed E-state index contributed by atoms with van der Waals surface area (Å²) in [5.41, 5.74) is 3.22. The lowest BCUT2D eigenvalue weighted by Crippen LogP contribution is -2.21. The molecule has 0 aliphatic carbocycles. The number of aromatic nitrogens is 3. The second kappa shape index (κ2) is 8.48. The van der Waals surface area contributed by atoms with Crippen molar-refractivity contribution in [1.29, 1.82) is 0 Å². The molecule has 0 saturated heterocycles. The Morgan fingerprint density at radius 1 is 1.29 bits per heavy atom. The number of pyridine rings is 1. The highest BCUT2D eigenvalue weighted by Gasteiger charge is 2.24. The van der Waals surface area contributed by atoms with Crippen LogP contribution < -0.4 is 15.2 Å². The summed E-state index contributed by atoms with van der Waals surface area (Å²) in [5, 5.41) is 12.9. The highest BCUT2D eigenvalue weighted by molar-refractivity contribution is 7.91. The van der Waals surface area contributed by atoms with E-state index >= 15 is 0 Å². The Balaban J connectivity index is 1.72. The maximum Gasteiger partial charge on any atom is 0.354 e. The van der Waals surface area contributed by atoms with Crippen LogP contribution >= 0.6 is 0 Å². The van der Waals surface area contributed by atoms with Gasteiger partial charge < -0.3 is 10.1 Å². The predicted octanol–water partition coefficient (Wildman–Crippen LogP) is 3.78. The van der Waals surface area contributed by atoms with E-state index in [0.717, 1.165) is 23.1 Å². The molecule has 0 unspecified atom stereocenters. The number of amides is 2. The number of fused-ring (bicyclic) bond motifs is 1. The molecule has 0 saturated carbocycles. The molecule has 1 atom stereocenters. The van der Waals surface area contributed by atoms with E-state index in [1.54, 1.807) is 17.1 Å². The summed E-state index contributed by atoms with van der Waals surface area (Å²) in [5.74, 6) is 0.436. The van der Waals surface area contributed by atoms with E-state index in [2.05, 4.69) is 19.8 Å². The average Bonchev–Trinajstić information content (AvgIpc) is 3.19. The summed E-state index contributed by atoms with van der Waals surface area (Å²) in [6, 6.07) is 8.68. The Labute approximate surface area is 180 Å². The Kier molecular flexibility index (Phi) is 5.75. The number of ether oxygens (including phenoxy) is 1. The lowest BCUT2D eigenvalue weighted by molar-refractivity contribution is 0.224. The van der Waals surface area contributed by atoms with Crippen LogP contribution in [-0.2, 0) is 16.5 Å². The SMILES string of the molecule is CC(C)c1cccc(-c2ccncc2)c1NC(=O)N=[S@@](N)(=O)c1cnn2c1OCCC2. The minimum Gasteiger partial charge on any atom is -0.477 e. The molecule has 9 nitrogen and oxygen atoms in total. The third-order valence-corrected chi connectivity index (χ3v) is 6.34. The van der Waals surface area contributed by atoms with Crippen LogP contribution in [0.1, 0.15) is 31.7 Å². The number of anilines is 1.